The van der Waals surface area contributed by atoms with E-state index in [4.69, 9.17) is 5.73 Å². The van der Waals surface area contributed by atoms with Gasteiger partial charge in [0, 0.05) is 18.6 Å². The van der Waals surface area contributed by atoms with E-state index in [1.165, 1.54) is 49.9 Å². The normalized spacial score (nSPS) is 27.1. The summed E-state index contributed by atoms with van der Waals surface area (Å²) in [4.78, 5) is 7.19. The summed E-state index contributed by atoms with van der Waals surface area (Å²) in [6, 6.07) is 7.69. The Kier molecular flexibility index (Phi) is 2.74. The van der Waals surface area contributed by atoms with Crippen molar-refractivity contribution in [3.63, 3.8) is 0 Å². The van der Waals surface area contributed by atoms with Gasteiger partial charge in [0.15, 0.2) is 0 Å². The average Bonchev–Trinajstić information content (AvgIpc) is 3.00. The van der Waals surface area contributed by atoms with Gasteiger partial charge in [-0.15, -0.1) is 0 Å². The Morgan fingerprint density at radius 2 is 2.10 bits per heavy atom. The number of imidazole rings is 1. The maximum absolute atomic E-state index is 6.21. The molecule has 2 aliphatic heterocycles. The molecule has 0 spiro atoms. The Labute approximate surface area is 119 Å². The SMILES string of the molecule is Cc1ccc2nc(N)n(C3CCN4CCCC4C3)c2c1. The summed E-state index contributed by atoms with van der Waals surface area (Å²) in [5.41, 5.74) is 9.72. The maximum Gasteiger partial charge on any atom is 0.201 e. The Balaban J connectivity index is 1.74. The number of benzene rings is 1. The summed E-state index contributed by atoms with van der Waals surface area (Å²) in [5, 5.41) is 0. The number of hydrogen-bond acceptors (Lipinski definition) is 3. The van der Waals surface area contributed by atoms with Crippen molar-refractivity contribution in [2.45, 2.75) is 44.7 Å². The molecule has 2 atom stereocenters. The van der Waals surface area contributed by atoms with Gasteiger partial charge in [0.25, 0.3) is 0 Å². The number of fused-ring (bicyclic) bond motifs is 2. The van der Waals surface area contributed by atoms with E-state index < -0.39 is 0 Å². The Bertz CT molecular complexity index is 645. The molecule has 106 valence electrons. The first-order valence-corrected chi connectivity index (χ1v) is 7.70. The summed E-state index contributed by atoms with van der Waals surface area (Å²) >= 11 is 0. The van der Waals surface area contributed by atoms with Crippen molar-refractivity contribution in [2.75, 3.05) is 18.8 Å². The molecule has 20 heavy (non-hydrogen) atoms. The van der Waals surface area contributed by atoms with Crippen LogP contribution in [0.4, 0.5) is 5.95 Å². The van der Waals surface area contributed by atoms with Gasteiger partial charge < -0.3 is 15.2 Å². The van der Waals surface area contributed by atoms with E-state index in [1.807, 2.05) is 0 Å². The van der Waals surface area contributed by atoms with Gasteiger partial charge in [-0.2, -0.15) is 0 Å². The summed E-state index contributed by atoms with van der Waals surface area (Å²) in [6.07, 6.45) is 5.13. The fraction of sp³-hybridized carbons (Fsp3) is 0.562. The van der Waals surface area contributed by atoms with Gasteiger partial charge >= 0.3 is 0 Å². The van der Waals surface area contributed by atoms with Crippen LogP contribution in [0.25, 0.3) is 11.0 Å². The maximum atomic E-state index is 6.21. The molecule has 4 nitrogen and oxygen atoms in total. The predicted octanol–water partition coefficient (Wildman–Crippen LogP) is 2.73. The zero-order valence-electron chi connectivity index (χ0n) is 12.0. The lowest BCUT2D eigenvalue weighted by Crippen LogP contribution is -2.38. The van der Waals surface area contributed by atoms with Gasteiger partial charge in [-0.3, -0.25) is 0 Å². The number of nitrogens with two attached hydrogens (primary N) is 1. The molecule has 0 bridgehead atoms. The van der Waals surface area contributed by atoms with Crippen molar-refractivity contribution in [3.8, 4) is 0 Å². The molecule has 1 aromatic heterocycles. The van der Waals surface area contributed by atoms with E-state index in [9.17, 15) is 0 Å². The molecular formula is C16H22N4. The third kappa shape index (κ3) is 1.82. The molecule has 2 aliphatic rings. The largest absolute Gasteiger partial charge is 0.369 e. The van der Waals surface area contributed by atoms with E-state index in [2.05, 4.69) is 39.6 Å². The zero-order valence-corrected chi connectivity index (χ0v) is 12.0. The highest BCUT2D eigenvalue weighted by Gasteiger charge is 2.33. The summed E-state index contributed by atoms with van der Waals surface area (Å²) < 4.78 is 2.29. The van der Waals surface area contributed by atoms with Crippen LogP contribution in [0.5, 0.6) is 0 Å². The molecule has 4 heteroatoms. The Morgan fingerprint density at radius 1 is 1.20 bits per heavy atom. The minimum absolute atomic E-state index is 0.515. The fourth-order valence-electron chi connectivity index (χ4n) is 4.04. The molecule has 2 aromatic rings. The second kappa shape index (κ2) is 4.48. The third-order valence-electron chi connectivity index (χ3n) is 5.03. The number of hydrogen-bond donors (Lipinski definition) is 1. The highest BCUT2D eigenvalue weighted by atomic mass is 15.2. The van der Waals surface area contributed by atoms with E-state index in [0.717, 1.165) is 11.6 Å². The first kappa shape index (κ1) is 12.2. The van der Waals surface area contributed by atoms with Crippen molar-refractivity contribution < 1.29 is 0 Å². The van der Waals surface area contributed by atoms with Gasteiger partial charge in [-0.05, 0) is 56.8 Å². The standard InChI is InChI=1S/C16H22N4/c1-11-4-5-14-15(9-11)20(16(17)18-14)13-6-8-19-7-2-3-12(19)10-13/h4-5,9,12-13H,2-3,6-8,10H2,1H3,(H2,17,18). The van der Waals surface area contributed by atoms with Crippen LogP contribution in [0.1, 0.15) is 37.3 Å². The van der Waals surface area contributed by atoms with Crippen molar-refractivity contribution in [3.05, 3.63) is 23.8 Å². The van der Waals surface area contributed by atoms with Gasteiger partial charge in [-0.25, -0.2) is 4.98 Å². The topological polar surface area (TPSA) is 47.1 Å². The molecule has 4 rings (SSSR count). The lowest BCUT2D eigenvalue weighted by Gasteiger charge is -2.35. The molecule has 0 saturated carbocycles. The van der Waals surface area contributed by atoms with E-state index in [0.29, 0.717) is 12.0 Å². The van der Waals surface area contributed by atoms with Crippen LogP contribution in [0.3, 0.4) is 0 Å². The molecule has 0 amide bonds. The number of anilines is 1. The van der Waals surface area contributed by atoms with Crippen LogP contribution in [0, 0.1) is 6.92 Å². The lowest BCUT2D eigenvalue weighted by molar-refractivity contribution is 0.158. The highest BCUT2D eigenvalue weighted by molar-refractivity contribution is 5.79. The van der Waals surface area contributed by atoms with Gasteiger partial charge in [0.1, 0.15) is 0 Å². The summed E-state index contributed by atoms with van der Waals surface area (Å²) in [7, 11) is 0. The number of aryl methyl sites for hydroxylation is 1. The minimum Gasteiger partial charge on any atom is -0.369 e. The second-order valence-corrected chi connectivity index (χ2v) is 6.34. The summed E-state index contributed by atoms with van der Waals surface area (Å²) in [6.45, 7) is 4.63. The fourth-order valence-corrected chi connectivity index (χ4v) is 4.04. The molecule has 2 fully saturated rings. The predicted molar refractivity (Wildman–Crippen MR) is 81.7 cm³/mol. The van der Waals surface area contributed by atoms with Crippen LogP contribution in [0.15, 0.2) is 18.2 Å². The number of rotatable bonds is 1. The molecule has 3 heterocycles. The number of nitrogens with zero attached hydrogens (tertiary/aromatic N) is 3. The first-order valence-electron chi connectivity index (χ1n) is 7.70. The van der Waals surface area contributed by atoms with Crippen molar-refractivity contribution in [2.24, 2.45) is 0 Å². The van der Waals surface area contributed by atoms with Gasteiger partial charge in [0.2, 0.25) is 5.95 Å². The van der Waals surface area contributed by atoms with Crippen molar-refractivity contribution in [1.82, 2.24) is 14.5 Å². The molecule has 1 aromatic carbocycles. The number of aromatic nitrogens is 2. The van der Waals surface area contributed by atoms with Crippen LogP contribution >= 0.6 is 0 Å². The molecule has 2 N–H and O–H groups in total. The molecule has 2 unspecified atom stereocenters. The quantitative estimate of drug-likeness (QED) is 0.866. The molecular weight excluding hydrogens is 248 g/mol. The third-order valence-corrected chi connectivity index (χ3v) is 5.03. The molecule has 0 radical (unpaired) electrons. The second-order valence-electron chi connectivity index (χ2n) is 6.34. The molecule has 2 saturated heterocycles. The van der Waals surface area contributed by atoms with Gasteiger partial charge in [0.05, 0.1) is 11.0 Å². The monoisotopic (exact) mass is 270 g/mol. The van der Waals surface area contributed by atoms with E-state index in [1.54, 1.807) is 0 Å². The smallest absolute Gasteiger partial charge is 0.201 e. The zero-order chi connectivity index (χ0) is 13.7. The number of piperidine rings is 1. The van der Waals surface area contributed by atoms with Crippen LogP contribution in [0.2, 0.25) is 0 Å². The van der Waals surface area contributed by atoms with E-state index >= 15 is 0 Å². The lowest BCUT2D eigenvalue weighted by atomic mass is 9.97. The summed E-state index contributed by atoms with van der Waals surface area (Å²) in [5.74, 6) is 0.682. The van der Waals surface area contributed by atoms with Crippen LogP contribution in [-0.2, 0) is 0 Å². The Hall–Kier alpha value is -1.55. The molecule has 0 aliphatic carbocycles. The van der Waals surface area contributed by atoms with Crippen LogP contribution in [-0.4, -0.2) is 33.6 Å². The number of nitrogen functional groups attached to an aromatic ring is 1. The highest BCUT2D eigenvalue weighted by Crippen LogP contribution is 2.36. The van der Waals surface area contributed by atoms with Crippen molar-refractivity contribution >= 4 is 17.0 Å². The average molecular weight is 270 g/mol. The Morgan fingerprint density at radius 3 is 3.00 bits per heavy atom. The van der Waals surface area contributed by atoms with Crippen molar-refractivity contribution in [1.29, 1.82) is 0 Å². The first-order chi connectivity index (χ1) is 9.72. The van der Waals surface area contributed by atoms with Crippen LogP contribution < -0.4 is 5.73 Å². The van der Waals surface area contributed by atoms with E-state index in [-0.39, 0.29) is 0 Å². The minimum atomic E-state index is 0.515. The van der Waals surface area contributed by atoms with Gasteiger partial charge in [-0.1, -0.05) is 6.07 Å².